The Kier molecular flexibility index (Phi) is 6.66. The smallest absolute Gasteiger partial charge is 0.266 e. The maximum absolute atomic E-state index is 12.6. The van der Waals surface area contributed by atoms with Gasteiger partial charge in [-0.25, -0.2) is 0 Å². The SMILES string of the molecule is CCCC[C@H](CC)CN1C(=O)/C(=C/c2ccc(O)cc2)SC1=S. The van der Waals surface area contributed by atoms with E-state index in [0.29, 0.717) is 21.7 Å². The standard InChI is InChI=1S/C18H23NO2S2/c1-3-5-6-13(4-2)12-19-17(21)16(23-18(19)22)11-14-7-9-15(20)10-8-14/h7-11,13,20H,3-6,12H2,1-2H3/b16-11-/t13-/m0/s1. The van der Waals surface area contributed by atoms with E-state index in [1.54, 1.807) is 29.2 Å². The lowest BCUT2D eigenvalue weighted by Gasteiger charge is -2.21. The van der Waals surface area contributed by atoms with Gasteiger partial charge in [-0.05, 0) is 36.1 Å². The van der Waals surface area contributed by atoms with Crippen molar-refractivity contribution in [3.63, 3.8) is 0 Å². The Bertz CT molecular complexity index is 596. The first kappa shape index (κ1) is 18.0. The van der Waals surface area contributed by atoms with Crippen molar-refractivity contribution in [2.75, 3.05) is 6.54 Å². The van der Waals surface area contributed by atoms with Gasteiger partial charge >= 0.3 is 0 Å². The van der Waals surface area contributed by atoms with E-state index in [2.05, 4.69) is 13.8 Å². The van der Waals surface area contributed by atoms with Gasteiger partial charge in [0.1, 0.15) is 10.1 Å². The zero-order chi connectivity index (χ0) is 16.8. The molecule has 0 unspecified atom stereocenters. The number of thioether (sulfide) groups is 1. The van der Waals surface area contributed by atoms with Gasteiger partial charge in [-0.3, -0.25) is 9.69 Å². The number of phenols is 1. The van der Waals surface area contributed by atoms with Crippen LogP contribution in [0.1, 0.15) is 45.1 Å². The number of hydrogen-bond donors (Lipinski definition) is 1. The van der Waals surface area contributed by atoms with Crippen molar-refractivity contribution in [1.29, 1.82) is 0 Å². The lowest BCUT2D eigenvalue weighted by Crippen LogP contribution is -2.33. The van der Waals surface area contributed by atoms with Gasteiger partial charge in [-0.15, -0.1) is 0 Å². The fourth-order valence-electron chi connectivity index (χ4n) is 2.55. The molecule has 3 nitrogen and oxygen atoms in total. The maximum atomic E-state index is 12.6. The number of unbranched alkanes of at least 4 members (excludes halogenated alkanes) is 1. The number of benzene rings is 1. The molecule has 1 amide bonds. The lowest BCUT2D eigenvalue weighted by molar-refractivity contribution is -0.122. The van der Waals surface area contributed by atoms with Crippen LogP contribution in [0.5, 0.6) is 5.75 Å². The summed E-state index contributed by atoms with van der Waals surface area (Å²) in [5.41, 5.74) is 0.890. The summed E-state index contributed by atoms with van der Waals surface area (Å²) in [6.07, 6.45) is 6.41. The summed E-state index contributed by atoms with van der Waals surface area (Å²) in [7, 11) is 0. The first-order valence-electron chi connectivity index (χ1n) is 8.09. The molecule has 2 rings (SSSR count). The highest BCUT2D eigenvalue weighted by Gasteiger charge is 2.33. The lowest BCUT2D eigenvalue weighted by atomic mass is 9.99. The third-order valence-electron chi connectivity index (χ3n) is 4.05. The topological polar surface area (TPSA) is 40.5 Å². The molecule has 0 aromatic heterocycles. The van der Waals surface area contributed by atoms with E-state index in [9.17, 15) is 9.90 Å². The van der Waals surface area contributed by atoms with Gasteiger partial charge in [-0.1, -0.05) is 69.2 Å². The predicted octanol–water partition coefficient (Wildman–Crippen LogP) is 4.81. The summed E-state index contributed by atoms with van der Waals surface area (Å²) in [4.78, 5) is 15.0. The zero-order valence-corrected chi connectivity index (χ0v) is 15.3. The molecule has 0 saturated carbocycles. The van der Waals surface area contributed by atoms with Gasteiger partial charge in [-0.2, -0.15) is 0 Å². The first-order valence-corrected chi connectivity index (χ1v) is 9.32. The molecule has 1 fully saturated rings. The minimum absolute atomic E-state index is 0.00280. The number of hydrogen-bond acceptors (Lipinski definition) is 4. The highest BCUT2D eigenvalue weighted by Crippen LogP contribution is 2.34. The maximum Gasteiger partial charge on any atom is 0.266 e. The molecule has 1 saturated heterocycles. The zero-order valence-electron chi connectivity index (χ0n) is 13.6. The number of carbonyl (C=O) groups is 1. The number of amides is 1. The highest BCUT2D eigenvalue weighted by atomic mass is 32.2. The Labute approximate surface area is 147 Å². The van der Waals surface area contributed by atoms with Crippen LogP contribution in [-0.2, 0) is 4.79 Å². The van der Waals surface area contributed by atoms with Crippen molar-refractivity contribution < 1.29 is 9.90 Å². The van der Waals surface area contributed by atoms with Crippen LogP contribution in [-0.4, -0.2) is 26.8 Å². The molecule has 1 aromatic rings. The van der Waals surface area contributed by atoms with Gasteiger partial charge in [0, 0.05) is 6.54 Å². The molecule has 0 aliphatic carbocycles. The van der Waals surface area contributed by atoms with Gasteiger partial charge in [0.2, 0.25) is 0 Å². The van der Waals surface area contributed by atoms with Crippen LogP contribution in [0.3, 0.4) is 0 Å². The molecule has 1 heterocycles. The minimum Gasteiger partial charge on any atom is -0.508 e. The van der Waals surface area contributed by atoms with Gasteiger partial charge in [0.15, 0.2) is 0 Å². The number of carbonyl (C=O) groups excluding carboxylic acids is 1. The van der Waals surface area contributed by atoms with E-state index in [0.717, 1.165) is 18.4 Å². The van der Waals surface area contributed by atoms with Crippen molar-refractivity contribution in [2.45, 2.75) is 39.5 Å². The van der Waals surface area contributed by atoms with Gasteiger partial charge in [0.05, 0.1) is 4.91 Å². The number of thiocarbonyl (C=S) groups is 1. The fourth-order valence-corrected chi connectivity index (χ4v) is 3.83. The fraction of sp³-hybridized carbons (Fsp3) is 0.444. The van der Waals surface area contributed by atoms with Gasteiger partial charge < -0.3 is 5.11 Å². The van der Waals surface area contributed by atoms with Crippen LogP contribution >= 0.6 is 24.0 Å². The third-order valence-corrected chi connectivity index (χ3v) is 5.43. The van der Waals surface area contributed by atoms with Crippen LogP contribution in [0, 0.1) is 5.92 Å². The number of rotatable bonds is 7. The summed E-state index contributed by atoms with van der Waals surface area (Å²) in [5.74, 6) is 0.727. The monoisotopic (exact) mass is 349 g/mol. The average Bonchev–Trinajstić information content (AvgIpc) is 2.80. The molecule has 5 heteroatoms. The van der Waals surface area contributed by atoms with E-state index in [1.165, 1.54) is 24.6 Å². The highest BCUT2D eigenvalue weighted by molar-refractivity contribution is 8.26. The molecule has 1 N–H and O–H groups in total. The second-order valence-corrected chi connectivity index (χ2v) is 7.48. The summed E-state index contributed by atoms with van der Waals surface area (Å²) >= 11 is 6.76. The molecule has 1 atom stereocenters. The molecule has 0 bridgehead atoms. The van der Waals surface area contributed by atoms with E-state index in [4.69, 9.17) is 12.2 Å². The van der Waals surface area contributed by atoms with Gasteiger partial charge in [0.25, 0.3) is 5.91 Å². The van der Waals surface area contributed by atoms with E-state index in [-0.39, 0.29) is 11.7 Å². The Morgan fingerprint density at radius 3 is 2.61 bits per heavy atom. The Morgan fingerprint density at radius 2 is 2.00 bits per heavy atom. The van der Waals surface area contributed by atoms with Crippen molar-refractivity contribution >= 4 is 40.3 Å². The van der Waals surface area contributed by atoms with Crippen LogP contribution in [0.25, 0.3) is 6.08 Å². The average molecular weight is 350 g/mol. The molecule has 1 aliphatic heterocycles. The number of aromatic hydroxyl groups is 1. The summed E-state index contributed by atoms with van der Waals surface area (Å²) in [6, 6.07) is 6.81. The first-order chi connectivity index (χ1) is 11.0. The quantitative estimate of drug-likeness (QED) is 0.566. The molecule has 0 spiro atoms. The Balaban J connectivity index is 2.08. The molecule has 23 heavy (non-hydrogen) atoms. The molecular formula is C18H23NO2S2. The molecular weight excluding hydrogens is 326 g/mol. The second-order valence-electron chi connectivity index (χ2n) is 5.80. The summed E-state index contributed by atoms with van der Waals surface area (Å²) < 4.78 is 0.648. The number of phenolic OH excluding ortho intramolecular Hbond substituents is 1. The van der Waals surface area contributed by atoms with E-state index >= 15 is 0 Å². The Morgan fingerprint density at radius 1 is 1.30 bits per heavy atom. The van der Waals surface area contributed by atoms with Crippen molar-refractivity contribution in [3.05, 3.63) is 34.7 Å². The van der Waals surface area contributed by atoms with Crippen molar-refractivity contribution in [2.24, 2.45) is 5.92 Å². The number of nitrogens with zero attached hydrogens (tertiary/aromatic N) is 1. The van der Waals surface area contributed by atoms with Crippen molar-refractivity contribution in [1.82, 2.24) is 4.90 Å². The minimum atomic E-state index is 0.00280. The predicted molar refractivity (Wildman–Crippen MR) is 101 cm³/mol. The normalized spacial score (nSPS) is 18.0. The van der Waals surface area contributed by atoms with E-state index in [1.807, 2.05) is 6.08 Å². The summed E-state index contributed by atoms with van der Waals surface area (Å²) in [5, 5.41) is 9.33. The van der Waals surface area contributed by atoms with Crippen molar-refractivity contribution in [3.8, 4) is 5.75 Å². The molecule has 1 aromatic carbocycles. The summed E-state index contributed by atoms with van der Waals surface area (Å²) in [6.45, 7) is 5.07. The molecule has 124 valence electrons. The molecule has 1 aliphatic rings. The van der Waals surface area contributed by atoms with Crippen LogP contribution in [0.4, 0.5) is 0 Å². The van der Waals surface area contributed by atoms with Crippen LogP contribution in [0.15, 0.2) is 29.2 Å². The van der Waals surface area contributed by atoms with Crippen LogP contribution in [0.2, 0.25) is 0 Å². The molecule has 0 radical (unpaired) electrons. The largest absolute Gasteiger partial charge is 0.508 e. The van der Waals surface area contributed by atoms with Crippen LogP contribution < -0.4 is 0 Å². The second kappa shape index (κ2) is 8.50. The third kappa shape index (κ3) is 4.82. The Hall–Kier alpha value is -1.33. The van der Waals surface area contributed by atoms with E-state index < -0.39 is 0 Å².